The molecule has 1 fully saturated rings. The van der Waals surface area contributed by atoms with Crippen LogP contribution >= 0.6 is 12.4 Å². The number of fused-ring (bicyclic) bond motifs is 1. The summed E-state index contributed by atoms with van der Waals surface area (Å²) in [7, 11) is 0. The molecule has 0 radical (unpaired) electrons. The second kappa shape index (κ2) is 14.1. The fourth-order valence-electron chi connectivity index (χ4n) is 4.73. The first-order valence-corrected chi connectivity index (χ1v) is 13.6. The molecule has 216 valence electrons. The van der Waals surface area contributed by atoms with Crippen LogP contribution < -0.4 is 16.0 Å². The van der Waals surface area contributed by atoms with Crippen molar-refractivity contribution in [3.63, 3.8) is 0 Å². The van der Waals surface area contributed by atoms with Gasteiger partial charge in [0.1, 0.15) is 12.1 Å². The van der Waals surface area contributed by atoms with E-state index in [1.54, 1.807) is 18.7 Å². The largest absolute Gasteiger partial charge is 0.389 e. The van der Waals surface area contributed by atoms with Gasteiger partial charge in [-0.15, -0.1) is 12.4 Å². The monoisotopic (exact) mass is 560 g/mol. The number of hydrogen-bond acceptors (Lipinski definition) is 5. The normalized spacial score (nSPS) is 16.5. The van der Waals surface area contributed by atoms with Crippen LogP contribution in [0.25, 0.3) is 10.8 Å². The minimum Gasteiger partial charge on any atom is -0.389 e. The number of nitrogens with zero attached hydrogens (tertiary/aromatic N) is 1. The lowest BCUT2D eigenvalue weighted by Crippen LogP contribution is -2.55. The predicted octanol–water partition coefficient (Wildman–Crippen LogP) is 3.19. The number of halogens is 1. The van der Waals surface area contributed by atoms with E-state index >= 15 is 0 Å². The molecule has 3 amide bonds. The van der Waals surface area contributed by atoms with E-state index in [1.807, 2.05) is 63.2 Å². The third-order valence-electron chi connectivity index (χ3n) is 6.73. The zero-order chi connectivity index (χ0) is 27.9. The van der Waals surface area contributed by atoms with Gasteiger partial charge in [-0.1, -0.05) is 63.2 Å². The molecule has 9 heteroatoms. The van der Waals surface area contributed by atoms with Crippen molar-refractivity contribution in [2.24, 2.45) is 5.41 Å². The summed E-state index contributed by atoms with van der Waals surface area (Å²) in [5.74, 6) is -0.585. The summed E-state index contributed by atoms with van der Waals surface area (Å²) in [6.07, 6.45) is 2.39. The van der Waals surface area contributed by atoms with Crippen LogP contribution in [0.5, 0.6) is 0 Å². The van der Waals surface area contributed by atoms with Gasteiger partial charge in [0.25, 0.3) is 0 Å². The fourth-order valence-corrected chi connectivity index (χ4v) is 4.73. The average molecular weight is 561 g/mol. The van der Waals surface area contributed by atoms with Crippen LogP contribution in [0.2, 0.25) is 0 Å². The van der Waals surface area contributed by atoms with Crippen LogP contribution in [0, 0.1) is 5.41 Å². The van der Waals surface area contributed by atoms with E-state index in [4.69, 9.17) is 0 Å². The summed E-state index contributed by atoms with van der Waals surface area (Å²) in [6, 6.07) is 12.8. The highest BCUT2D eigenvalue weighted by Gasteiger charge is 2.39. The molecule has 3 rings (SSSR count). The molecule has 1 saturated heterocycles. The zero-order valence-electron chi connectivity index (χ0n) is 23.9. The van der Waals surface area contributed by atoms with Crippen LogP contribution in [0.1, 0.15) is 59.4 Å². The Morgan fingerprint density at radius 1 is 1.03 bits per heavy atom. The maximum atomic E-state index is 13.4. The SMILES string of the molecule is CC(C)(O)CNCCCNC(=O)[C@@H](Cc1ccc2ccccc2c1)NC(=O)C1CCCN1C(=O)C(C)(C)C.Cl. The number of rotatable bonds is 11. The van der Waals surface area contributed by atoms with Gasteiger partial charge < -0.3 is 26.0 Å². The van der Waals surface area contributed by atoms with Crippen LogP contribution in [0.15, 0.2) is 42.5 Å². The topological polar surface area (TPSA) is 111 Å². The summed E-state index contributed by atoms with van der Waals surface area (Å²) >= 11 is 0. The number of amides is 3. The molecule has 8 nitrogen and oxygen atoms in total. The molecule has 39 heavy (non-hydrogen) atoms. The molecular formula is C30H45ClN4O4. The van der Waals surface area contributed by atoms with Crippen LogP contribution in [0.3, 0.4) is 0 Å². The Morgan fingerprint density at radius 3 is 2.38 bits per heavy atom. The highest BCUT2D eigenvalue weighted by atomic mass is 35.5. The Kier molecular flexibility index (Phi) is 11.8. The van der Waals surface area contributed by atoms with E-state index in [-0.39, 0.29) is 30.1 Å². The lowest BCUT2D eigenvalue weighted by Gasteiger charge is -2.31. The Labute approximate surface area is 238 Å². The third-order valence-corrected chi connectivity index (χ3v) is 6.73. The van der Waals surface area contributed by atoms with Gasteiger partial charge in [-0.05, 0) is 56.0 Å². The van der Waals surface area contributed by atoms with Crippen molar-refractivity contribution in [2.45, 2.75) is 78.0 Å². The van der Waals surface area contributed by atoms with Crippen molar-refractivity contribution >= 4 is 40.9 Å². The van der Waals surface area contributed by atoms with E-state index in [2.05, 4.69) is 16.0 Å². The number of nitrogens with one attached hydrogen (secondary N) is 3. The Hall–Kier alpha value is -2.68. The highest BCUT2D eigenvalue weighted by Crippen LogP contribution is 2.26. The van der Waals surface area contributed by atoms with Crippen LogP contribution in [-0.4, -0.2) is 71.6 Å². The molecule has 0 aromatic heterocycles. The van der Waals surface area contributed by atoms with Gasteiger partial charge in [0.2, 0.25) is 17.7 Å². The van der Waals surface area contributed by atoms with Crippen LogP contribution in [0.4, 0.5) is 0 Å². The molecule has 2 aromatic rings. The lowest BCUT2D eigenvalue weighted by molar-refractivity contribution is -0.145. The van der Waals surface area contributed by atoms with E-state index in [0.717, 1.165) is 22.8 Å². The maximum Gasteiger partial charge on any atom is 0.243 e. The number of likely N-dealkylation sites (tertiary alicyclic amines) is 1. The Bertz CT molecular complexity index is 1130. The van der Waals surface area contributed by atoms with Crippen molar-refractivity contribution in [1.29, 1.82) is 0 Å². The third kappa shape index (κ3) is 9.78. The standard InChI is InChI=1S/C30H44N4O4.ClH/c1-29(2,3)28(37)34-17-8-12-25(34)27(36)33-24(26(35)32-16-9-15-31-20-30(4,5)38)19-21-13-14-22-10-6-7-11-23(22)18-21;/h6-7,10-11,13-14,18,24-25,31,38H,8-9,12,15-17,19-20H2,1-5H3,(H,32,35)(H,33,36);1H/t24-,25?;/m1./s1. The molecule has 0 saturated carbocycles. The van der Waals surface area contributed by atoms with Gasteiger partial charge in [-0.3, -0.25) is 14.4 Å². The molecule has 1 aliphatic rings. The quantitative estimate of drug-likeness (QED) is 0.315. The molecule has 1 aliphatic heterocycles. The maximum absolute atomic E-state index is 13.4. The molecular weight excluding hydrogens is 516 g/mol. The Morgan fingerprint density at radius 2 is 1.72 bits per heavy atom. The summed E-state index contributed by atoms with van der Waals surface area (Å²) in [5.41, 5.74) is -0.421. The van der Waals surface area contributed by atoms with Gasteiger partial charge in [0.05, 0.1) is 5.60 Å². The van der Waals surface area contributed by atoms with Crippen molar-refractivity contribution in [2.75, 3.05) is 26.2 Å². The summed E-state index contributed by atoms with van der Waals surface area (Å²) in [4.78, 5) is 41.3. The minimum absolute atomic E-state index is 0. The van der Waals surface area contributed by atoms with Crippen molar-refractivity contribution in [3.8, 4) is 0 Å². The fraction of sp³-hybridized carbons (Fsp3) is 0.567. The van der Waals surface area contributed by atoms with Gasteiger partial charge >= 0.3 is 0 Å². The first-order chi connectivity index (χ1) is 17.8. The molecule has 0 spiro atoms. The summed E-state index contributed by atoms with van der Waals surface area (Å²) in [5, 5.41) is 21.1. The number of carbonyl (C=O) groups excluding carboxylic acids is 3. The van der Waals surface area contributed by atoms with Gasteiger partial charge in [-0.2, -0.15) is 0 Å². The first kappa shape index (κ1) is 32.5. The first-order valence-electron chi connectivity index (χ1n) is 13.6. The van der Waals surface area contributed by atoms with Gasteiger partial charge in [0.15, 0.2) is 0 Å². The smallest absolute Gasteiger partial charge is 0.243 e. The molecule has 1 unspecified atom stereocenters. The number of benzene rings is 2. The molecule has 0 aliphatic carbocycles. The second-order valence-corrected chi connectivity index (χ2v) is 12.0. The van der Waals surface area contributed by atoms with E-state index < -0.39 is 23.1 Å². The van der Waals surface area contributed by atoms with Gasteiger partial charge in [0, 0.05) is 31.5 Å². The summed E-state index contributed by atoms with van der Waals surface area (Å²) in [6.45, 7) is 11.2. The molecule has 4 N–H and O–H groups in total. The lowest BCUT2D eigenvalue weighted by atomic mass is 9.94. The van der Waals surface area contributed by atoms with Gasteiger partial charge in [-0.25, -0.2) is 0 Å². The van der Waals surface area contributed by atoms with E-state index in [1.165, 1.54) is 0 Å². The van der Waals surface area contributed by atoms with Crippen LogP contribution in [-0.2, 0) is 20.8 Å². The van der Waals surface area contributed by atoms with E-state index in [9.17, 15) is 19.5 Å². The van der Waals surface area contributed by atoms with Crippen molar-refractivity contribution in [1.82, 2.24) is 20.9 Å². The van der Waals surface area contributed by atoms with Crippen molar-refractivity contribution in [3.05, 3.63) is 48.0 Å². The molecule has 1 heterocycles. The zero-order valence-corrected chi connectivity index (χ0v) is 24.7. The molecule has 0 bridgehead atoms. The number of hydrogen-bond donors (Lipinski definition) is 4. The predicted molar refractivity (Wildman–Crippen MR) is 158 cm³/mol. The Balaban J connectivity index is 0.00000533. The average Bonchev–Trinajstić information content (AvgIpc) is 3.33. The van der Waals surface area contributed by atoms with Crippen molar-refractivity contribution < 1.29 is 19.5 Å². The highest BCUT2D eigenvalue weighted by molar-refractivity contribution is 5.93. The number of aliphatic hydroxyl groups is 1. The minimum atomic E-state index is -0.791. The second-order valence-electron chi connectivity index (χ2n) is 12.0. The molecule has 2 aromatic carbocycles. The van der Waals surface area contributed by atoms with E-state index in [0.29, 0.717) is 45.4 Å². The summed E-state index contributed by atoms with van der Waals surface area (Å²) < 4.78 is 0. The number of carbonyl (C=O) groups is 3. The molecule has 2 atom stereocenters.